The molecule has 1 unspecified atom stereocenters. The van der Waals surface area contributed by atoms with Crippen LogP contribution < -0.4 is 10.6 Å². The second kappa shape index (κ2) is 5.69. The van der Waals surface area contributed by atoms with Crippen LogP contribution in [0, 0.1) is 0 Å². The predicted octanol–water partition coefficient (Wildman–Crippen LogP) is 1.87. The van der Waals surface area contributed by atoms with E-state index in [9.17, 15) is 0 Å². The van der Waals surface area contributed by atoms with Crippen LogP contribution in [0.25, 0.3) is 11.1 Å². The molecule has 1 fully saturated rings. The van der Waals surface area contributed by atoms with Crippen molar-refractivity contribution in [2.45, 2.75) is 13.0 Å². The number of nitrogens with zero attached hydrogens (tertiary/aromatic N) is 4. The van der Waals surface area contributed by atoms with Crippen molar-refractivity contribution in [3.63, 3.8) is 0 Å². The van der Waals surface area contributed by atoms with Crippen molar-refractivity contribution in [1.82, 2.24) is 14.9 Å². The molecule has 21 heavy (non-hydrogen) atoms. The second-order valence-corrected chi connectivity index (χ2v) is 5.65. The van der Waals surface area contributed by atoms with Gasteiger partial charge in [0, 0.05) is 49.2 Å². The fourth-order valence-electron chi connectivity index (χ4n) is 2.87. The van der Waals surface area contributed by atoms with Crippen molar-refractivity contribution in [1.29, 1.82) is 0 Å². The van der Waals surface area contributed by atoms with Crippen LogP contribution >= 0.6 is 0 Å². The molecule has 5 nitrogen and oxygen atoms in total. The maximum Gasteiger partial charge on any atom is 0.136 e. The van der Waals surface area contributed by atoms with Crippen LogP contribution in [0.3, 0.4) is 0 Å². The first-order valence-corrected chi connectivity index (χ1v) is 7.27. The monoisotopic (exact) mass is 283 g/mol. The molecular formula is C16H21N5. The van der Waals surface area contributed by atoms with Crippen LogP contribution in [0.5, 0.6) is 0 Å². The van der Waals surface area contributed by atoms with Gasteiger partial charge in [0.2, 0.25) is 0 Å². The van der Waals surface area contributed by atoms with Gasteiger partial charge in [0.25, 0.3) is 0 Å². The standard InChI is InChI=1S/C16H21N5/c1-12-11-20(2)8-9-21(12)16-14(4-3-7-18-16)13-5-6-15(17)19-10-13/h3-7,10,12H,8-9,11H2,1-2H3,(H2,17,19). The zero-order chi connectivity index (χ0) is 14.8. The minimum Gasteiger partial charge on any atom is -0.384 e. The summed E-state index contributed by atoms with van der Waals surface area (Å²) in [6.45, 7) is 5.34. The molecule has 2 aromatic rings. The van der Waals surface area contributed by atoms with Crippen molar-refractivity contribution in [3.05, 3.63) is 36.7 Å². The SMILES string of the molecule is CC1CN(C)CCN1c1ncccc1-c1ccc(N)nc1. The van der Waals surface area contributed by atoms with Crippen LogP contribution in [0.15, 0.2) is 36.7 Å². The average Bonchev–Trinajstić information content (AvgIpc) is 2.48. The van der Waals surface area contributed by atoms with E-state index in [0.717, 1.165) is 36.6 Å². The number of aromatic nitrogens is 2. The van der Waals surface area contributed by atoms with E-state index < -0.39 is 0 Å². The normalized spacial score (nSPS) is 19.7. The molecule has 1 aliphatic rings. The number of piperazine rings is 1. The van der Waals surface area contributed by atoms with Gasteiger partial charge in [0.05, 0.1) is 0 Å². The number of hydrogen-bond acceptors (Lipinski definition) is 5. The molecule has 0 spiro atoms. The molecule has 1 saturated heterocycles. The van der Waals surface area contributed by atoms with Crippen molar-refractivity contribution < 1.29 is 0 Å². The van der Waals surface area contributed by atoms with Gasteiger partial charge in [-0.25, -0.2) is 9.97 Å². The van der Waals surface area contributed by atoms with Crippen LogP contribution in [-0.2, 0) is 0 Å². The molecule has 2 N–H and O–H groups in total. The molecule has 5 heteroatoms. The molecule has 0 aliphatic carbocycles. The summed E-state index contributed by atoms with van der Waals surface area (Å²) in [6, 6.07) is 8.35. The zero-order valence-electron chi connectivity index (χ0n) is 12.5. The Morgan fingerprint density at radius 2 is 2.05 bits per heavy atom. The van der Waals surface area contributed by atoms with E-state index in [0.29, 0.717) is 11.9 Å². The molecule has 0 saturated carbocycles. The predicted molar refractivity (Wildman–Crippen MR) is 86.2 cm³/mol. The minimum atomic E-state index is 0.444. The van der Waals surface area contributed by atoms with Gasteiger partial charge in [-0.05, 0) is 38.2 Å². The molecule has 0 amide bonds. The quantitative estimate of drug-likeness (QED) is 0.911. The van der Waals surface area contributed by atoms with E-state index in [-0.39, 0.29) is 0 Å². The Labute approximate surface area is 125 Å². The summed E-state index contributed by atoms with van der Waals surface area (Å²) in [4.78, 5) is 13.6. The largest absolute Gasteiger partial charge is 0.384 e. The number of anilines is 2. The number of rotatable bonds is 2. The summed E-state index contributed by atoms with van der Waals surface area (Å²) in [6.07, 6.45) is 3.67. The topological polar surface area (TPSA) is 58.3 Å². The lowest BCUT2D eigenvalue weighted by Crippen LogP contribution is -2.51. The minimum absolute atomic E-state index is 0.444. The second-order valence-electron chi connectivity index (χ2n) is 5.65. The van der Waals surface area contributed by atoms with Gasteiger partial charge in [-0.2, -0.15) is 0 Å². The average molecular weight is 283 g/mol. The number of hydrogen-bond donors (Lipinski definition) is 1. The highest BCUT2D eigenvalue weighted by Gasteiger charge is 2.24. The van der Waals surface area contributed by atoms with E-state index >= 15 is 0 Å². The van der Waals surface area contributed by atoms with E-state index in [1.54, 1.807) is 0 Å². The maximum absolute atomic E-state index is 5.68. The van der Waals surface area contributed by atoms with E-state index in [4.69, 9.17) is 5.73 Å². The number of likely N-dealkylation sites (N-methyl/N-ethyl adjacent to an activating group) is 1. The molecule has 3 rings (SSSR count). The molecular weight excluding hydrogens is 262 g/mol. The summed E-state index contributed by atoms with van der Waals surface area (Å²) in [5.74, 6) is 1.57. The third-order valence-electron chi connectivity index (χ3n) is 3.99. The molecule has 0 aromatic carbocycles. The van der Waals surface area contributed by atoms with E-state index in [1.807, 2.05) is 30.6 Å². The molecule has 0 bridgehead atoms. The van der Waals surface area contributed by atoms with Crippen LogP contribution in [0.1, 0.15) is 6.92 Å². The Kier molecular flexibility index (Phi) is 3.75. The highest BCUT2D eigenvalue weighted by atomic mass is 15.3. The van der Waals surface area contributed by atoms with Gasteiger partial charge in [0.15, 0.2) is 0 Å². The van der Waals surface area contributed by atoms with Gasteiger partial charge < -0.3 is 15.5 Å². The van der Waals surface area contributed by atoms with Crippen molar-refractivity contribution in [2.75, 3.05) is 37.3 Å². The first-order valence-electron chi connectivity index (χ1n) is 7.27. The molecule has 3 heterocycles. The third-order valence-corrected chi connectivity index (χ3v) is 3.99. The third kappa shape index (κ3) is 2.83. The van der Waals surface area contributed by atoms with Gasteiger partial charge in [-0.3, -0.25) is 0 Å². The first kappa shape index (κ1) is 13.8. The smallest absolute Gasteiger partial charge is 0.136 e. The van der Waals surface area contributed by atoms with Gasteiger partial charge >= 0.3 is 0 Å². The number of nitrogen functional groups attached to an aromatic ring is 1. The highest BCUT2D eigenvalue weighted by Crippen LogP contribution is 2.30. The van der Waals surface area contributed by atoms with Gasteiger partial charge in [-0.15, -0.1) is 0 Å². The van der Waals surface area contributed by atoms with Crippen LogP contribution in [0.4, 0.5) is 11.6 Å². The van der Waals surface area contributed by atoms with Crippen LogP contribution in [0.2, 0.25) is 0 Å². The summed E-state index contributed by atoms with van der Waals surface area (Å²) >= 11 is 0. The highest BCUT2D eigenvalue weighted by molar-refractivity contribution is 5.76. The van der Waals surface area contributed by atoms with E-state index in [2.05, 4.69) is 39.8 Å². The van der Waals surface area contributed by atoms with E-state index in [1.165, 1.54) is 0 Å². The summed E-state index contributed by atoms with van der Waals surface area (Å²) in [7, 11) is 2.16. The lowest BCUT2D eigenvalue weighted by Gasteiger charge is -2.39. The van der Waals surface area contributed by atoms with Crippen molar-refractivity contribution in [3.8, 4) is 11.1 Å². The first-order chi connectivity index (χ1) is 10.1. The Balaban J connectivity index is 1.98. The fraction of sp³-hybridized carbons (Fsp3) is 0.375. The molecule has 110 valence electrons. The summed E-state index contributed by atoms with van der Waals surface area (Å²) in [5, 5.41) is 0. The van der Waals surface area contributed by atoms with Gasteiger partial charge in [0.1, 0.15) is 11.6 Å². The number of nitrogens with two attached hydrogens (primary N) is 1. The molecule has 0 radical (unpaired) electrons. The van der Waals surface area contributed by atoms with Gasteiger partial charge in [-0.1, -0.05) is 0 Å². The van der Waals surface area contributed by atoms with Crippen LogP contribution in [-0.4, -0.2) is 47.6 Å². The molecule has 1 aliphatic heterocycles. The molecule has 1 atom stereocenters. The van der Waals surface area contributed by atoms with Crippen molar-refractivity contribution >= 4 is 11.6 Å². The lowest BCUT2D eigenvalue weighted by atomic mass is 10.1. The lowest BCUT2D eigenvalue weighted by molar-refractivity contribution is 0.275. The van der Waals surface area contributed by atoms with Crippen molar-refractivity contribution in [2.24, 2.45) is 0 Å². The number of pyridine rings is 2. The summed E-state index contributed by atoms with van der Waals surface area (Å²) < 4.78 is 0. The molecule has 2 aromatic heterocycles. The Hall–Kier alpha value is -2.14. The maximum atomic E-state index is 5.68. The Morgan fingerprint density at radius 3 is 2.76 bits per heavy atom. The zero-order valence-corrected chi connectivity index (χ0v) is 12.5. The Bertz CT molecular complexity index is 610. The summed E-state index contributed by atoms with van der Waals surface area (Å²) in [5.41, 5.74) is 7.85. The Morgan fingerprint density at radius 1 is 1.19 bits per heavy atom. The fourth-order valence-corrected chi connectivity index (χ4v) is 2.87.